The van der Waals surface area contributed by atoms with E-state index in [1.165, 1.54) is 4.90 Å². The number of nitrogens with one attached hydrogen (secondary N) is 2. The molecule has 1 aromatic carbocycles. The first-order valence-electron chi connectivity index (χ1n) is 7.90. The van der Waals surface area contributed by atoms with Gasteiger partial charge in [-0.05, 0) is 24.1 Å². The highest BCUT2D eigenvalue weighted by Crippen LogP contribution is 2.37. The number of anilines is 1. The number of aliphatic hydroxyl groups is 1. The average molecular weight is 331 g/mol. The molecule has 4 rings (SSSR count). The number of amides is 3. The van der Waals surface area contributed by atoms with Gasteiger partial charge in [-0.3, -0.25) is 19.7 Å². The Morgan fingerprint density at radius 1 is 1.29 bits per heavy atom. The number of carbonyl (C=O) groups excluding carboxylic acids is 3. The van der Waals surface area contributed by atoms with E-state index >= 15 is 0 Å². The van der Waals surface area contributed by atoms with E-state index in [4.69, 9.17) is 4.74 Å². The van der Waals surface area contributed by atoms with Crippen molar-refractivity contribution in [1.29, 1.82) is 0 Å². The summed E-state index contributed by atoms with van der Waals surface area (Å²) in [5, 5.41) is 14.6. The molecule has 0 radical (unpaired) electrons. The number of carbonyl (C=O) groups is 3. The molecule has 1 saturated heterocycles. The molecule has 0 bridgehead atoms. The maximum absolute atomic E-state index is 12.7. The highest BCUT2D eigenvalue weighted by Gasteiger charge is 2.40. The maximum atomic E-state index is 12.7. The van der Waals surface area contributed by atoms with Gasteiger partial charge in [-0.2, -0.15) is 0 Å². The molecule has 0 unspecified atom stereocenters. The smallest absolute Gasteiger partial charge is 0.255 e. The van der Waals surface area contributed by atoms with Crippen molar-refractivity contribution in [2.24, 2.45) is 0 Å². The average Bonchev–Trinajstić information content (AvgIpc) is 2.88. The minimum atomic E-state index is -0.626. The Morgan fingerprint density at radius 3 is 2.88 bits per heavy atom. The number of hydrogen-bond acceptors (Lipinski definition) is 6. The topological polar surface area (TPSA) is 108 Å². The summed E-state index contributed by atoms with van der Waals surface area (Å²) in [4.78, 5) is 37.5. The van der Waals surface area contributed by atoms with Crippen LogP contribution in [0.25, 0.3) is 0 Å². The lowest BCUT2D eigenvalue weighted by Crippen LogP contribution is -2.52. The van der Waals surface area contributed by atoms with Crippen molar-refractivity contribution < 1.29 is 24.2 Å². The third-order valence-electron chi connectivity index (χ3n) is 4.64. The fourth-order valence-electron chi connectivity index (χ4n) is 3.38. The Hall–Kier alpha value is -2.61. The van der Waals surface area contributed by atoms with Crippen LogP contribution in [0, 0.1) is 0 Å². The largest absolute Gasteiger partial charge is 0.484 e. The molecule has 3 amide bonds. The van der Waals surface area contributed by atoms with E-state index < -0.39 is 11.9 Å². The van der Waals surface area contributed by atoms with Gasteiger partial charge in [0.05, 0.1) is 18.8 Å². The van der Waals surface area contributed by atoms with Gasteiger partial charge in [0.15, 0.2) is 0 Å². The predicted octanol–water partition coefficient (Wildman–Crippen LogP) is -0.387. The molecule has 1 aromatic rings. The van der Waals surface area contributed by atoms with Crippen LogP contribution in [0.15, 0.2) is 12.1 Å². The summed E-state index contributed by atoms with van der Waals surface area (Å²) in [6.07, 6.45) is 0.250. The third kappa shape index (κ3) is 2.30. The zero-order valence-corrected chi connectivity index (χ0v) is 12.9. The lowest BCUT2D eigenvalue weighted by molar-refractivity contribution is -0.136. The Kier molecular flexibility index (Phi) is 3.42. The number of hydrogen-bond donors (Lipinski definition) is 3. The molecule has 2 atom stereocenters. The number of imide groups is 1. The first-order chi connectivity index (χ1) is 11.6. The van der Waals surface area contributed by atoms with Crippen LogP contribution in [-0.2, 0) is 16.1 Å². The monoisotopic (exact) mass is 331 g/mol. The summed E-state index contributed by atoms with van der Waals surface area (Å²) in [7, 11) is 0. The molecule has 3 aliphatic rings. The molecule has 126 valence electrons. The van der Waals surface area contributed by atoms with Crippen molar-refractivity contribution in [3.8, 4) is 5.75 Å². The van der Waals surface area contributed by atoms with Crippen molar-refractivity contribution in [2.45, 2.75) is 31.5 Å². The number of benzene rings is 1. The van der Waals surface area contributed by atoms with E-state index in [9.17, 15) is 19.5 Å². The van der Waals surface area contributed by atoms with Crippen LogP contribution < -0.4 is 15.4 Å². The molecule has 3 heterocycles. The summed E-state index contributed by atoms with van der Waals surface area (Å²) in [5.41, 5.74) is 2.03. The predicted molar refractivity (Wildman–Crippen MR) is 82.5 cm³/mol. The van der Waals surface area contributed by atoms with Gasteiger partial charge in [0.2, 0.25) is 11.8 Å². The number of rotatable bonds is 2. The SMILES string of the molecule is O=C1CC[C@H](N2Cc3cc4c(cc3C2=O)NC[C@H](CO)O4)C(=O)N1. The minimum Gasteiger partial charge on any atom is -0.484 e. The Morgan fingerprint density at radius 2 is 2.12 bits per heavy atom. The standard InChI is InChI=1S/C16H17N3O5/c20-7-9-5-17-11-4-10-8(3-13(11)24-9)6-19(16(10)23)12-1-2-14(21)18-15(12)22/h3-4,9,12,17,20H,1-2,5-7H2,(H,18,21,22)/t9-,12+/m1/s1. The fraction of sp³-hybridized carbons (Fsp3) is 0.438. The summed E-state index contributed by atoms with van der Waals surface area (Å²) in [5.74, 6) is -0.347. The van der Waals surface area contributed by atoms with Crippen LogP contribution in [0.3, 0.4) is 0 Å². The lowest BCUT2D eigenvalue weighted by atomic mass is 10.0. The molecule has 3 N–H and O–H groups in total. The first kappa shape index (κ1) is 14.9. The number of ether oxygens (including phenoxy) is 1. The zero-order chi connectivity index (χ0) is 16.8. The van der Waals surface area contributed by atoms with E-state index in [1.54, 1.807) is 12.1 Å². The zero-order valence-electron chi connectivity index (χ0n) is 12.9. The lowest BCUT2D eigenvalue weighted by Gasteiger charge is -2.29. The second-order valence-corrected chi connectivity index (χ2v) is 6.21. The molecule has 0 spiro atoms. The summed E-state index contributed by atoms with van der Waals surface area (Å²) >= 11 is 0. The van der Waals surface area contributed by atoms with Crippen molar-refractivity contribution >= 4 is 23.4 Å². The molecular formula is C16H17N3O5. The van der Waals surface area contributed by atoms with Crippen molar-refractivity contribution in [2.75, 3.05) is 18.5 Å². The van der Waals surface area contributed by atoms with Gasteiger partial charge in [0, 0.05) is 18.5 Å². The fourth-order valence-corrected chi connectivity index (χ4v) is 3.38. The van der Waals surface area contributed by atoms with Crippen molar-refractivity contribution in [3.05, 3.63) is 23.3 Å². The molecule has 3 aliphatic heterocycles. The van der Waals surface area contributed by atoms with Gasteiger partial charge in [-0.1, -0.05) is 0 Å². The van der Waals surface area contributed by atoms with Crippen molar-refractivity contribution in [1.82, 2.24) is 10.2 Å². The number of piperidine rings is 1. The van der Waals surface area contributed by atoms with Crippen LogP contribution in [-0.4, -0.2) is 53.0 Å². The molecule has 8 heteroatoms. The number of fused-ring (bicyclic) bond motifs is 2. The first-order valence-corrected chi connectivity index (χ1v) is 7.90. The van der Waals surface area contributed by atoms with Crippen LogP contribution >= 0.6 is 0 Å². The summed E-state index contributed by atoms with van der Waals surface area (Å²) < 4.78 is 5.69. The van der Waals surface area contributed by atoms with E-state index in [2.05, 4.69) is 10.6 Å². The Balaban J connectivity index is 1.61. The Bertz CT molecular complexity index is 747. The van der Waals surface area contributed by atoms with E-state index in [0.717, 1.165) is 5.56 Å². The van der Waals surface area contributed by atoms with Crippen LogP contribution in [0.4, 0.5) is 5.69 Å². The highest BCUT2D eigenvalue weighted by molar-refractivity contribution is 6.06. The van der Waals surface area contributed by atoms with Gasteiger partial charge >= 0.3 is 0 Å². The van der Waals surface area contributed by atoms with Crippen molar-refractivity contribution in [3.63, 3.8) is 0 Å². The van der Waals surface area contributed by atoms with Gasteiger partial charge in [-0.15, -0.1) is 0 Å². The van der Waals surface area contributed by atoms with Crippen LogP contribution in [0.1, 0.15) is 28.8 Å². The van der Waals surface area contributed by atoms with Gasteiger partial charge in [-0.25, -0.2) is 0 Å². The number of aliphatic hydroxyl groups excluding tert-OH is 1. The molecule has 1 fully saturated rings. The van der Waals surface area contributed by atoms with E-state index in [1.807, 2.05) is 0 Å². The molecule has 0 aromatic heterocycles. The van der Waals surface area contributed by atoms with Gasteiger partial charge in [0.1, 0.15) is 17.9 Å². The maximum Gasteiger partial charge on any atom is 0.255 e. The molecular weight excluding hydrogens is 314 g/mol. The molecule has 24 heavy (non-hydrogen) atoms. The third-order valence-corrected chi connectivity index (χ3v) is 4.64. The highest BCUT2D eigenvalue weighted by atomic mass is 16.5. The molecule has 0 saturated carbocycles. The number of nitrogens with zero attached hydrogens (tertiary/aromatic N) is 1. The molecule has 8 nitrogen and oxygen atoms in total. The quantitative estimate of drug-likeness (QED) is 0.637. The second kappa shape index (κ2) is 5.48. The summed E-state index contributed by atoms with van der Waals surface area (Å²) in [6.45, 7) is 0.680. The Labute approximate surface area is 137 Å². The van der Waals surface area contributed by atoms with Gasteiger partial charge in [0.25, 0.3) is 5.91 Å². The second-order valence-electron chi connectivity index (χ2n) is 6.21. The minimum absolute atomic E-state index is 0.0924. The normalized spacial score (nSPS) is 25.5. The van der Waals surface area contributed by atoms with E-state index in [0.29, 0.717) is 36.5 Å². The summed E-state index contributed by atoms with van der Waals surface area (Å²) in [6, 6.07) is 2.88. The van der Waals surface area contributed by atoms with E-state index in [-0.39, 0.29) is 30.9 Å². The molecule has 0 aliphatic carbocycles. The van der Waals surface area contributed by atoms with Crippen LogP contribution in [0.5, 0.6) is 5.75 Å². The van der Waals surface area contributed by atoms with Crippen LogP contribution in [0.2, 0.25) is 0 Å². The van der Waals surface area contributed by atoms with Gasteiger partial charge < -0.3 is 20.1 Å².